The molecule has 210 valence electrons. The molecule has 40 heavy (non-hydrogen) atoms. The number of methoxy groups -OCH3 is 1. The van der Waals surface area contributed by atoms with Gasteiger partial charge in [-0.25, -0.2) is 26.6 Å². The number of rotatable bonds is 6. The van der Waals surface area contributed by atoms with Crippen molar-refractivity contribution in [1.29, 1.82) is 0 Å². The van der Waals surface area contributed by atoms with Crippen molar-refractivity contribution >= 4 is 27.0 Å². The van der Waals surface area contributed by atoms with Gasteiger partial charge in [0.05, 0.1) is 41.6 Å². The van der Waals surface area contributed by atoms with Crippen LogP contribution in [-0.2, 0) is 27.8 Å². The lowest BCUT2D eigenvalue weighted by Crippen LogP contribution is -2.37. The molecular formula is C29H30FN3O6S. The Labute approximate surface area is 231 Å². The summed E-state index contributed by atoms with van der Waals surface area (Å²) in [7, 11) is -2.69. The fraction of sp³-hybridized carbons (Fsp3) is 0.310. The summed E-state index contributed by atoms with van der Waals surface area (Å²) in [5, 5.41) is 12.9. The first-order chi connectivity index (χ1) is 18.9. The zero-order valence-corrected chi connectivity index (χ0v) is 23.3. The third-order valence-electron chi connectivity index (χ3n) is 6.66. The van der Waals surface area contributed by atoms with E-state index in [2.05, 4.69) is 10.3 Å². The summed E-state index contributed by atoms with van der Waals surface area (Å²) in [5.41, 5.74) is 1.77. The Balaban J connectivity index is 1.72. The minimum Gasteiger partial charge on any atom is -0.481 e. The quantitative estimate of drug-likeness (QED) is 0.340. The topological polar surface area (TPSA) is 120 Å². The van der Waals surface area contributed by atoms with E-state index in [1.165, 1.54) is 23.2 Å². The first kappa shape index (κ1) is 27.6. The highest BCUT2D eigenvalue weighted by Gasteiger charge is 2.37. The summed E-state index contributed by atoms with van der Waals surface area (Å²) in [6, 6.07) is 15.2. The predicted molar refractivity (Wildman–Crippen MR) is 147 cm³/mol. The minimum absolute atomic E-state index is 0.0243. The second-order valence-corrected chi connectivity index (χ2v) is 12.4. The van der Waals surface area contributed by atoms with Crippen molar-refractivity contribution in [3.05, 3.63) is 77.5 Å². The van der Waals surface area contributed by atoms with E-state index in [0.717, 1.165) is 0 Å². The van der Waals surface area contributed by atoms with Gasteiger partial charge in [0, 0.05) is 23.4 Å². The van der Waals surface area contributed by atoms with Gasteiger partial charge in [-0.3, -0.25) is 0 Å². The Hall–Kier alpha value is -3.96. The molecule has 2 aromatic heterocycles. The van der Waals surface area contributed by atoms with Crippen LogP contribution in [0.25, 0.3) is 22.2 Å². The average Bonchev–Trinajstić information content (AvgIpc) is 3.46. The second-order valence-electron chi connectivity index (χ2n) is 10.6. The number of alkyl carbamates (subject to hydrolysis) is 1. The SMILES string of the molecule is COc1cc(-c2cc3c4c(ccc3n2S(=O)(=O)c2ccccc2)[C@H](NC(=O)OC(C)(C)C)[C@H](F)C4)cc(CO)n1. The number of aliphatic hydroxyl groups is 1. The number of benzene rings is 2. The van der Waals surface area contributed by atoms with E-state index in [0.29, 0.717) is 39.0 Å². The minimum atomic E-state index is -4.11. The molecule has 4 aromatic rings. The van der Waals surface area contributed by atoms with E-state index in [-0.39, 0.29) is 23.8 Å². The van der Waals surface area contributed by atoms with Crippen LogP contribution in [0.15, 0.2) is 65.6 Å². The predicted octanol–water partition coefficient (Wildman–Crippen LogP) is 4.90. The average molecular weight is 568 g/mol. The number of alkyl halides is 1. The maximum Gasteiger partial charge on any atom is 0.408 e. The van der Waals surface area contributed by atoms with E-state index < -0.39 is 33.9 Å². The van der Waals surface area contributed by atoms with Gasteiger partial charge < -0.3 is 19.9 Å². The zero-order valence-electron chi connectivity index (χ0n) is 22.5. The summed E-state index contributed by atoms with van der Waals surface area (Å²) in [5.74, 6) is 0.200. The van der Waals surface area contributed by atoms with Crippen LogP contribution in [0, 0.1) is 0 Å². The highest BCUT2D eigenvalue weighted by atomic mass is 32.2. The molecule has 9 nitrogen and oxygen atoms in total. The highest BCUT2D eigenvalue weighted by molar-refractivity contribution is 7.90. The highest BCUT2D eigenvalue weighted by Crippen LogP contribution is 2.42. The van der Waals surface area contributed by atoms with Crippen molar-refractivity contribution in [2.75, 3.05) is 7.11 Å². The molecule has 5 rings (SSSR count). The standard InChI is InChI=1S/C29H30FN3O6S/c1-29(2,3)39-28(35)32-27-20-10-11-24-22(21(20)14-23(27)30)15-25(17-12-18(16-34)31-26(13-17)38-4)33(24)40(36,37)19-8-6-5-7-9-19/h5-13,15,23,27,34H,14,16H2,1-4H3,(H,32,35)/t23-,27+/m1/s1. The summed E-state index contributed by atoms with van der Waals surface area (Å²) >= 11 is 0. The number of aliphatic hydroxyl groups excluding tert-OH is 1. The van der Waals surface area contributed by atoms with Crippen molar-refractivity contribution in [2.45, 2.75) is 56.5 Å². The van der Waals surface area contributed by atoms with E-state index in [1.54, 1.807) is 69.3 Å². The monoisotopic (exact) mass is 567 g/mol. The van der Waals surface area contributed by atoms with E-state index >= 15 is 4.39 Å². The Morgan fingerprint density at radius 2 is 1.88 bits per heavy atom. The first-order valence-corrected chi connectivity index (χ1v) is 14.1. The molecule has 2 N–H and O–H groups in total. The van der Waals surface area contributed by atoms with Crippen LogP contribution in [-0.4, -0.2) is 47.5 Å². The van der Waals surface area contributed by atoms with Gasteiger partial charge in [0.2, 0.25) is 5.88 Å². The van der Waals surface area contributed by atoms with E-state index in [9.17, 15) is 18.3 Å². The van der Waals surface area contributed by atoms with E-state index in [1.807, 2.05) is 0 Å². The van der Waals surface area contributed by atoms with Crippen LogP contribution in [0.4, 0.5) is 9.18 Å². The number of fused-ring (bicyclic) bond motifs is 3. The number of hydrogen-bond acceptors (Lipinski definition) is 7. The number of hydrogen-bond donors (Lipinski definition) is 2. The molecule has 1 amide bonds. The molecule has 0 unspecified atom stereocenters. The smallest absolute Gasteiger partial charge is 0.408 e. The Morgan fingerprint density at radius 3 is 2.52 bits per heavy atom. The molecule has 0 radical (unpaired) electrons. The third-order valence-corrected chi connectivity index (χ3v) is 8.40. The number of carbonyl (C=O) groups excluding carboxylic acids is 1. The maximum absolute atomic E-state index is 15.4. The van der Waals surface area contributed by atoms with Crippen LogP contribution < -0.4 is 10.1 Å². The summed E-state index contributed by atoms with van der Waals surface area (Å²) in [6.07, 6.45) is -2.20. The lowest BCUT2D eigenvalue weighted by molar-refractivity contribution is 0.0479. The van der Waals surface area contributed by atoms with Crippen LogP contribution in [0.2, 0.25) is 0 Å². The van der Waals surface area contributed by atoms with Gasteiger partial charge in [0.1, 0.15) is 11.8 Å². The van der Waals surface area contributed by atoms with Gasteiger partial charge in [0.15, 0.2) is 0 Å². The molecule has 0 bridgehead atoms. The summed E-state index contributed by atoms with van der Waals surface area (Å²) in [6.45, 7) is 4.78. The number of carbonyl (C=O) groups is 1. The Bertz CT molecular complexity index is 1670. The van der Waals surface area contributed by atoms with Crippen molar-refractivity contribution < 1.29 is 32.2 Å². The number of halogens is 1. The fourth-order valence-corrected chi connectivity index (χ4v) is 6.56. The molecule has 2 aromatic carbocycles. The molecule has 2 atom stereocenters. The third kappa shape index (κ3) is 5.02. The van der Waals surface area contributed by atoms with Crippen LogP contribution in [0.3, 0.4) is 0 Å². The van der Waals surface area contributed by atoms with Gasteiger partial charge in [0.25, 0.3) is 10.0 Å². The zero-order chi connectivity index (χ0) is 28.8. The van der Waals surface area contributed by atoms with Gasteiger partial charge in [-0.15, -0.1) is 0 Å². The van der Waals surface area contributed by atoms with Gasteiger partial charge in [-0.05, 0) is 62.2 Å². The van der Waals surface area contributed by atoms with Crippen molar-refractivity contribution in [3.8, 4) is 17.1 Å². The summed E-state index contributed by atoms with van der Waals surface area (Å²) in [4.78, 5) is 16.7. The fourth-order valence-electron chi connectivity index (χ4n) is 5.01. The molecule has 0 saturated heterocycles. The lowest BCUT2D eigenvalue weighted by atomic mass is 10.0. The molecule has 2 heterocycles. The number of aromatic nitrogens is 2. The van der Waals surface area contributed by atoms with Crippen LogP contribution >= 0.6 is 0 Å². The second kappa shape index (κ2) is 10.2. The molecule has 11 heteroatoms. The molecule has 0 spiro atoms. The number of nitrogens with one attached hydrogen (secondary N) is 1. The number of pyridine rings is 1. The van der Waals surface area contributed by atoms with Gasteiger partial charge in [-0.1, -0.05) is 24.3 Å². The molecule has 0 saturated carbocycles. The first-order valence-electron chi connectivity index (χ1n) is 12.7. The number of ether oxygens (including phenoxy) is 2. The number of amides is 1. The molecular weight excluding hydrogens is 537 g/mol. The molecule has 0 aliphatic heterocycles. The normalized spacial score (nSPS) is 17.1. The molecule has 1 aliphatic rings. The van der Waals surface area contributed by atoms with E-state index in [4.69, 9.17) is 9.47 Å². The molecule has 0 fully saturated rings. The van der Waals surface area contributed by atoms with Crippen molar-refractivity contribution in [1.82, 2.24) is 14.3 Å². The Kier molecular flexibility index (Phi) is 7.05. The summed E-state index contributed by atoms with van der Waals surface area (Å²) < 4.78 is 55.3. The van der Waals surface area contributed by atoms with Crippen LogP contribution in [0.5, 0.6) is 5.88 Å². The Morgan fingerprint density at radius 1 is 1.15 bits per heavy atom. The van der Waals surface area contributed by atoms with Crippen LogP contribution in [0.1, 0.15) is 43.6 Å². The number of nitrogens with zero attached hydrogens (tertiary/aromatic N) is 2. The largest absolute Gasteiger partial charge is 0.481 e. The molecule has 1 aliphatic carbocycles. The van der Waals surface area contributed by atoms with Gasteiger partial charge in [-0.2, -0.15) is 0 Å². The van der Waals surface area contributed by atoms with Crippen molar-refractivity contribution in [3.63, 3.8) is 0 Å². The van der Waals surface area contributed by atoms with Crippen molar-refractivity contribution in [2.24, 2.45) is 0 Å². The maximum atomic E-state index is 15.4. The van der Waals surface area contributed by atoms with Gasteiger partial charge >= 0.3 is 6.09 Å². The lowest BCUT2D eigenvalue weighted by Gasteiger charge is -2.23.